The molecule has 1 aliphatic rings. The summed E-state index contributed by atoms with van der Waals surface area (Å²) in [5.74, 6) is 1.01. The molecule has 3 nitrogen and oxygen atoms in total. The third kappa shape index (κ3) is 1.75. The standard InChI is InChI=1S/C15H11BrN2O/c16-11-1-3-13-14(8-11)18(9-17-13)12-2-4-15-10(7-12)5-6-19-15/h1-4,7-9H,5-6H2. The van der Waals surface area contributed by atoms with E-state index in [1.807, 2.05) is 24.5 Å². The molecular formula is C15H11BrN2O. The van der Waals surface area contributed by atoms with E-state index >= 15 is 0 Å². The van der Waals surface area contributed by atoms with Crippen molar-refractivity contribution < 1.29 is 4.74 Å². The van der Waals surface area contributed by atoms with Crippen molar-refractivity contribution >= 4 is 27.0 Å². The van der Waals surface area contributed by atoms with Gasteiger partial charge in [0.25, 0.3) is 0 Å². The van der Waals surface area contributed by atoms with Gasteiger partial charge in [-0.15, -0.1) is 0 Å². The van der Waals surface area contributed by atoms with E-state index in [0.717, 1.165) is 40.0 Å². The molecule has 0 unspecified atom stereocenters. The van der Waals surface area contributed by atoms with Crippen LogP contribution in [0.15, 0.2) is 47.2 Å². The van der Waals surface area contributed by atoms with Crippen molar-refractivity contribution in [1.29, 1.82) is 0 Å². The van der Waals surface area contributed by atoms with E-state index in [2.05, 4.69) is 43.7 Å². The Balaban J connectivity index is 1.92. The zero-order valence-electron chi connectivity index (χ0n) is 10.1. The van der Waals surface area contributed by atoms with Crippen LogP contribution in [0.1, 0.15) is 5.56 Å². The van der Waals surface area contributed by atoms with Crippen molar-refractivity contribution in [2.24, 2.45) is 0 Å². The number of benzene rings is 2. The van der Waals surface area contributed by atoms with Gasteiger partial charge in [0.1, 0.15) is 12.1 Å². The normalized spacial score (nSPS) is 13.5. The average molecular weight is 315 g/mol. The van der Waals surface area contributed by atoms with E-state index in [9.17, 15) is 0 Å². The van der Waals surface area contributed by atoms with Crippen LogP contribution in [0, 0.1) is 0 Å². The van der Waals surface area contributed by atoms with Crippen LogP contribution < -0.4 is 4.74 Å². The molecule has 0 saturated carbocycles. The number of aromatic nitrogens is 2. The Morgan fingerprint density at radius 1 is 1.16 bits per heavy atom. The van der Waals surface area contributed by atoms with E-state index in [-0.39, 0.29) is 0 Å². The molecule has 2 heterocycles. The Bertz CT molecular complexity index is 779. The fraction of sp³-hybridized carbons (Fsp3) is 0.133. The van der Waals surface area contributed by atoms with Crippen molar-refractivity contribution in [1.82, 2.24) is 9.55 Å². The predicted molar refractivity (Wildman–Crippen MR) is 78.0 cm³/mol. The fourth-order valence-electron chi connectivity index (χ4n) is 2.51. The summed E-state index contributed by atoms with van der Waals surface area (Å²) in [7, 11) is 0. The van der Waals surface area contributed by atoms with Crippen molar-refractivity contribution in [3.05, 3.63) is 52.8 Å². The maximum Gasteiger partial charge on any atom is 0.122 e. The second-order valence-corrected chi connectivity index (χ2v) is 5.55. The zero-order chi connectivity index (χ0) is 12.8. The second-order valence-electron chi connectivity index (χ2n) is 4.64. The number of nitrogens with zero attached hydrogens (tertiary/aromatic N) is 2. The van der Waals surface area contributed by atoms with Gasteiger partial charge in [-0.3, -0.25) is 4.57 Å². The number of rotatable bonds is 1. The molecule has 0 fully saturated rings. The van der Waals surface area contributed by atoms with Crippen molar-refractivity contribution in [3.8, 4) is 11.4 Å². The van der Waals surface area contributed by atoms with Crippen LogP contribution in [0.25, 0.3) is 16.7 Å². The minimum Gasteiger partial charge on any atom is -0.493 e. The highest BCUT2D eigenvalue weighted by Crippen LogP contribution is 2.29. The minimum absolute atomic E-state index is 0.787. The van der Waals surface area contributed by atoms with Gasteiger partial charge in [0.2, 0.25) is 0 Å². The molecular weight excluding hydrogens is 304 g/mol. The van der Waals surface area contributed by atoms with Crippen LogP contribution in [0.4, 0.5) is 0 Å². The fourth-order valence-corrected chi connectivity index (χ4v) is 2.86. The molecule has 0 aliphatic carbocycles. The molecule has 3 aromatic rings. The summed E-state index contributed by atoms with van der Waals surface area (Å²) in [4.78, 5) is 4.44. The van der Waals surface area contributed by atoms with Gasteiger partial charge in [-0.1, -0.05) is 15.9 Å². The molecule has 0 bridgehead atoms. The SMILES string of the molecule is Brc1ccc2ncn(-c3ccc4c(c3)CCO4)c2c1. The van der Waals surface area contributed by atoms with Crippen molar-refractivity contribution in [2.45, 2.75) is 6.42 Å². The Morgan fingerprint density at radius 3 is 3.05 bits per heavy atom. The molecule has 0 N–H and O–H groups in total. The molecule has 1 aromatic heterocycles. The molecule has 0 saturated heterocycles. The smallest absolute Gasteiger partial charge is 0.122 e. The third-order valence-electron chi connectivity index (χ3n) is 3.46. The van der Waals surface area contributed by atoms with Gasteiger partial charge < -0.3 is 4.74 Å². The first kappa shape index (κ1) is 11.1. The number of imidazole rings is 1. The zero-order valence-corrected chi connectivity index (χ0v) is 11.7. The molecule has 19 heavy (non-hydrogen) atoms. The van der Waals surface area contributed by atoms with Gasteiger partial charge in [-0.2, -0.15) is 0 Å². The summed E-state index contributed by atoms with van der Waals surface area (Å²) < 4.78 is 8.72. The quantitative estimate of drug-likeness (QED) is 0.684. The van der Waals surface area contributed by atoms with Gasteiger partial charge in [-0.25, -0.2) is 4.98 Å². The lowest BCUT2D eigenvalue weighted by Crippen LogP contribution is -1.92. The number of halogens is 1. The molecule has 0 atom stereocenters. The highest BCUT2D eigenvalue weighted by Gasteiger charge is 2.13. The Labute approximate surface area is 119 Å². The van der Waals surface area contributed by atoms with E-state index in [1.54, 1.807) is 0 Å². The first-order valence-electron chi connectivity index (χ1n) is 6.20. The van der Waals surface area contributed by atoms with Gasteiger partial charge in [0.15, 0.2) is 0 Å². The lowest BCUT2D eigenvalue weighted by molar-refractivity contribution is 0.357. The van der Waals surface area contributed by atoms with Crippen LogP contribution in [0.5, 0.6) is 5.75 Å². The van der Waals surface area contributed by atoms with Crippen LogP contribution in [0.3, 0.4) is 0 Å². The summed E-state index contributed by atoms with van der Waals surface area (Å²) in [5, 5.41) is 0. The summed E-state index contributed by atoms with van der Waals surface area (Å²) in [5.41, 5.74) is 4.51. The van der Waals surface area contributed by atoms with Crippen LogP contribution in [0.2, 0.25) is 0 Å². The molecule has 94 valence electrons. The van der Waals surface area contributed by atoms with Crippen LogP contribution in [-0.4, -0.2) is 16.2 Å². The lowest BCUT2D eigenvalue weighted by atomic mass is 10.1. The summed E-state index contributed by atoms with van der Waals surface area (Å²) in [6.45, 7) is 0.787. The highest BCUT2D eigenvalue weighted by atomic mass is 79.9. The molecule has 4 heteroatoms. The summed E-state index contributed by atoms with van der Waals surface area (Å²) in [6, 6.07) is 12.4. The number of ether oxygens (including phenoxy) is 1. The van der Waals surface area contributed by atoms with E-state index in [1.165, 1.54) is 5.56 Å². The Hall–Kier alpha value is -1.81. The summed E-state index contributed by atoms with van der Waals surface area (Å²) in [6.07, 6.45) is 2.86. The monoisotopic (exact) mass is 314 g/mol. The van der Waals surface area contributed by atoms with Gasteiger partial charge in [0.05, 0.1) is 17.6 Å². The topological polar surface area (TPSA) is 27.1 Å². The maximum absolute atomic E-state index is 5.55. The lowest BCUT2D eigenvalue weighted by Gasteiger charge is -2.06. The molecule has 0 amide bonds. The molecule has 4 rings (SSSR count). The molecule has 0 spiro atoms. The van der Waals surface area contributed by atoms with E-state index < -0.39 is 0 Å². The molecule has 0 radical (unpaired) electrons. The maximum atomic E-state index is 5.55. The molecule has 2 aromatic carbocycles. The minimum atomic E-state index is 0.787. The van der Waals surface area contributed by atoms with Crippen molar-refractivity contribution in [3.63, 3.8) is 0 Å². The van der Waals surface area contributed by atoms with E-state index in [0.29, 0.717) is 0 Å². The van der Waals surface area contributed by atoms with Crippen molar-refractivity contribution in [2.75, 3.05) is 6.61 Å². The largest absolute Gasteiger partial charge is 0.493 e. The Kier molecular flexibility index (Phi) is 2.38. The number of fused-ring (bicyclic) bond motifs is 2. The number of hydrogen-bond acceptors (Lipinski definition) is 2. The highest BCUT2D eigenvalue weighted by molar-refractivity contribution is 9.10. The second kappa shape index (κ2) is 4.10. The number of hydrogen-bond donors (Lipinski definition) is 0. The van der Waals surface area contributed by atoms with Gasteiger partial charge in [-0.05, 0) is 42.0 Å². The van der Waals surface area contributed by atoms with Crippen LogP contribution >= 0.6 is 15.9 Å². The van der Waals surface area contributed by atoms with E-state index in [4.69, 9.17) is 4.74 Å². The average Bonchev–Trinajstić information content (AvgIpc) is 3.03. The van der Waals surface area contributed by atoms with Crippen LogP contribution in [-0.2, 0) is 6.42 Å². The first-order valence-corrected chi connectivity index (χ1v) is 6.99. The summed E-state index contributed by atoms with van der Waals surface area (Å²) >= 11 is 3.51. The molecule has 1 aliphatic heterocycles. The van der Waals surface area contributed by atoms with Gasteiger partial charge >= 0.3 is 0 Å². The van der Waals surface area contributed by atoms with Gasteiger partial charge in [0, 0.05) is 16.6 Å². The predicted octanol–water partition coefficient (Wildman–Crippen LogP) is 3.72. The Morgan fingerprint density at radius 2 is 2.11 bits per heavy atom. The first-order chi connectivity index (χ1) is 9.31. The third-order valence-corrected chi connectivity index (χ3v) is 3.95.